The molecule has 0 aliphatic rings. The van der Waals surface area contributed by atoms with Gasteiger partial charge in [-0.15, -0.1) is 10.2 Å². The van der Waals surface area contributed by atoms with Crippen LogP contribution in [-0.2, 0) is 0 Å². The Labute approximate surface area is 170 Å². The van der Waals surface area contributed by atoms with Gasteiger partial charge in [0.2, 0.25) is 0 Å². The second-order valence-corrected chi connectivity index (χ2v) is 6.59. The number of hydrogen-bond acceptors (Lipinski definition) is 6. The van der Waals surface area contributed by atoms with E-state index in [-0.39, 0.29) is 11.6 Å². The molecule has 0 radical (unpaired) electrons. The van der Waals surface area contributed by atoms with E-state index in [0.29, 0.717) is 19.0 Å². The van der Waals surface area contributed by atoms with Gasteiger partial charge in [-0.05, 0) is 73.5 Å². The normalized spacial score (nSPS) is 10.3. The number of hydrogen-bond donors (Lipinski definition) is 2. The molecule has 0 aliphatic carbocycles. The summed E-state index contributed by atoms with van der Waals surface area (Å²) < 4.78 is 10.8. The van der Waals surface area contributed by atoms with Crippen LogP contribution in [0.1, 0.15) is 21.6 Å². The second-order valence-electron chi connectivity index (χ2n) is 6.59. The van der Waals surface area contributed by atoms with E-state index in [1.165, 1.54) is 0 Å². The van der Waals surface area contributed by atoms with Crippen LogP contribution in [0.5, 0.6) is 11.5 Å². The van der Waals surface area contributed by atoms with Gasteiger partial charge in [-0.25, -0.2) is 0 Å². The van der Waals surface area contributed by atoms with Crippen molar-refractivity contribution >= 4 is 17.4 Å². The van der Waals surface area contributed by atoms with E-state index < -0.39 is 0 Å². The van der Waals surface area contributed by atoms with Crippen molar-refractivity contribution in [2.45, 2.75) is 13.8 Å². The Bertz CT molecular complexity index is 937. The van der Waals surface area contributed by atoms with Crippen molar-refractivity contribution in [3.05, 3.63) is 71.4 Å². The molecule has 0 saturated carbocycles. The van der Waals surface area contributed by atoms with Crippen LogP contribution in [0.3, 0.4) is 0 Å². The first-order valence-corrected chi connectivity index (χ1v) is 9.27. The summed E-state index contributed by atoms with van der Waals surface area (Å²) in [5.41, 5.74) is 3.17. The van der Waals surface area contributed by atoms with Gasteiger partial charge in [-0.3, -0.25) is 4.79 Å². The molecule has 1 aromatic heterocycles. The lowest BCUT2D eigenvalue weighted by Gasteiger charge is -2.09. The predicted molar refractivity (Wildman–Crippen MR) is 113 cm³/mol. The maximum atomic E-state index is 12.3. The van der Waals surface area contributed by atoms with E-state index >= 15 is 0 Å². The molecule has 0 unspecified atom stereocenters. The average Bonchev–Trinajstić information content (AvgIpc) is 2.71. The fourth-order valence-electron chi connectivity index (χ4n) is 2.81. The van der Waals surface area contributed by atoms with Crippen LogP contribution in [0.2, 0.25) is 0 Å². The molecule has 1 heterocycles. The number of amides is 1. The van der Waals surface area contributed by atoms with Crippen LogP contribution in [0, 0.1) is 13.8 Å². The molecule has 0 spiro atoms. The van der Waals surface area contributed by atoms with Gasteiger partial charge in [-0.1, -0.05) is 6.07 Å². The van der Waals surface area contributed by atoms with E-state index in [4.69, 9.17) is 9.47 Å². The highest BCUT2D eigenvalue weighted by Gasteiger charge is 2.09. The van der Waals surface area contributed by atoms with E-state index in [1.54, 1.807) is 19.2 Å². The molecule has 2 N–H and O–H groups in total. The number of aryl methyl sites for hydroxylation is 2. The molecule has 2 aromatic carbocycles. The summed E-state index contributed by atoms with van der Waals surface area (Å²) in [6, 6.07) is 16.6. The second kappa shape index (κ2) is 9.54. The summed E-state index contributed by atoms with van der Waals surface area (Å²) in [7, 11) is 1.62. The summed E-state index contributed by atoms with van der Waals surface area (Å²) in [6.07, 6.45) is 0. The minimum absolute atomic E-state index is 0.254. The number of nitrogens with one attached hydrogen (secondary N) is 2. The molecule has 0 atom stereocenters. The SMILES string of the molecule is COc1ccc(OCCNc2ccc(C(=O)Nc3cc(C)cc(C)c3)nn2)cc1. The molecule has 3 rings (SSSR count). The number of aromatic nitrogens is 2. The van der Waals surface area contributed by atoms with Crippen LogP contribution in [0.25, 0.3) is 0 Å². The minimum atomic E-state index is -0.295. The Morgan fingerprint density at radius 3 is 2.24 bits per heavy atom. The Hall–Kier alpha value is -3.61. The lowest BCUT2D eigenvalue weighted by molar-refractivity contribution is 0.102. The smallest absolute Gasteiger partial charge is 0.276 e. The van der Waals surface area contributed by atoms with E-state index in [0.717, 1.165) is 28.3 Å². The Balaban J connectivity index is 1.47. The van der Waals surface area contributed by atoms with Gasteiger partial charge in [0.1, 0.15) is 23.9 Å². The fraction of sp³-hybridized carbons (Fsp3) is 0.227. The summed E-state index contributed by atoms with van der Waals surface area (Å²) in [4.78, 5) is 12.3. The lowest BCUT2D eigenvalue weighted by atomic mass is 10.1. The predicted octanol–water partition coefficient (Wildman–Crippen LogP) is 3.85. The van der Waals surface area contributed by atoms with E-state index in [9.17, 15) is 4.79 Å². The summed E-state index contributed by atoms with van der Waals surface area (Å²) >= 11 is 0. The van der Waals surface area contributed by atoms with Crippen LogP contribution in [-0.4, -0.2) is 36.4 Å². The molecule has 7 heteroatoms. The number of carbonyl (C=O) groups excluding carboxylic acids is 1. The number of benzene rings is 2. The lowest BCUT2D eigenvalue weighted by Crippen LogP contribution is -2.16. The Morgan fingerprint density at radius 2 is 1.62 bits per heavy atom. The van der Waals surface area contributed by atoms with Gasteiger partial charge in [0, 0.05) is 5.69 Å². The molecule has 7 nitrogen and oxygen atoms in total. The zero-order valence-electron chi connectivity index (χ0n) is 16.7. The molecule has 1 amide bonds. The van der Waals surface area contributed by atoms with Crippen molar-refractivity contribution in [3.8, 4) is 11.5 Å². The van der Waals surface area contributed by atoms with Crippen molar-refractivity contribution in [2.24, 2.45) is 0 Å². The minimum Gasteiger partial charge on any atom is -0.497 e. The number of ether oxygens (including phenoxy) is 2. The molecule has 3 aromatic rings. The third-order valence-corrected chi connectivity index (χ3v) is 4.11. The highest BCUT2D eigenvalue weighted by Crippen LogP contribution is 2.17. The quantitative estimate of drug-likeness (QED) is 0.567. The van der Waals surface area contributed by atoms with Gasteiger partial charge >= 0.3 is 0 Å². The van der Waals surface area contributed by atoms with E-state index in [1.807, 2.05) is 56.3 Å². The zero-order chi connectivity index (χ0) is 20.6. The van der Waals surface area contributed by atoms with Crippen molar-refractivity contribution in [2.75, 3.05) is 30.9 Å². The summed E-state index contributed by atoms with van der Waals surface area (Å²) in [5, 5.41) is 14.0. The molecular formula is C22H24N4O3. The first kappa shape index (κ1) is 20.1. The van der Waals surface area contributed by atoms with Crippen LogP contribution in [0.4, 0.5) is 11.5 Å². The molecule has 0 bridgehead atoms. The number of anilines is 2. The third-order valence-electron chi connectivity index (χ3n) is 4.11. The molecule has 0 saturated heterocycles. The Morgan fingerprint density at radius 1 is 0.931 bits per heavy atom. The average molecular weight is 392 g/mol. The van der Waals surface area contributed by atoms with Crippen LogP contribution >= 0.6 is 0 Å². The maximum absolute atomic E-state index is 12.3. The van der Waals surface area contributed by atoms with Gasteiger partial charge in [0.25, 0.3) is 5.91 Å². The van der Waals surface area contributed by atoms with Gasteiger partial charge < -0.3 is 20.1 Å². The van der Waals surface area contributed by atoms with Crippen LogP contribution in [0.15, 0.2) is 54.6 Å². The van der Waals surface area contributed by atoms with Crippen molar-refractivity contribution in [3.63, 3.8) is 0 Å². The van der Waals surface area contributed by atoms with Gasteiger partial charge in [0.15, 0.2) is 5.69 Å². The molecular weight excluding hydrogens is 368 g/mol. The number of rotatable bonds is 8. The molecule has 150 valence electrons. The maximum Gasteiger partial charge on any atom is 0.276 e. The first-order chi connectivity index (χ1) is 14.0. The highest BCUT2D eigenvalue weighted by atomic mass is 16.5. The zero-order valence-corrected chi connectivity index (χ0v) is 16.7. The molecule has 29 heavy (non-hydrogen) atoms. The first-order valence-electron chi connectivity index (χ1n) is 9.27. The summed E-state index contributed by atoms with van der Waals surface area (Å²) in [5.74, 6) is 1.83. The molecule has 0 fully saturated rings. The fourth-order valence-corrected chi connectivity index (χ4v) is 2.81. The number of carbonyl (C=O) groups is 1. The monoisotopic (exact) mass is 392 g/mol. The standard InChI is InChI=1S/C22H24N4O3/c1-15-12-16(2)14-17(13-15)24-22(27)20-8-9-21(26-25-20)23-10-11-29-19-6-4-18(28-3)5-7-19/h4-9,12-14H,10-11H2,1-3H3,(H,23,26)(H,24,27). The summed E-state index contributed by atoms with van der Waals surface area (Å²) in [6.45, 7) is 4.99. The van der Waals surface area contributed by atoms with Gasteiger partial charge in [-0.2, -0.15) is 0 Å². The third kappa shape index (κ3) is 5.93. The highest BCUT2D eigenvalue weighted by molar-refractivity contribution is 6.02. The van der Waals surface area contributed by atoms with Crippen LogP contribution < -0.4 is 20.1 Å². The topological polar surface area (TPSA) is 85.4 Å². The van der Waals surface area contributed by atoms with E-state index in [2.05, 4.69) is 20.8 Å². The van der Waals surface area contributed by atoms with Gasteiger partial charge in [0.05, 0.1) is 13.7 Å². The number of methoxy groups -OCH3 is 1. The van der Waals surface area contributed by atoms with Crippen molar-refractivity contribution in [1.82, 2.24) is 10.2 Å². The van der Waals surface area contributed by atoms with Crippen molar-refractivity contribution in [1.29, 1.82) is 0 Å². The largest absolute Gasteiger partial charge is 0.497 e. The van der Waals surface area contributed by atoms with Crippen molar-refractivity contribution < 1.29 is 14.3 Å². The molecule has 0 aliphatic heterocycles. The Kier molecular flexibility index (Phi) is 6.63. The number of nitrogens with zero attached hydrogens (tertiary/aromatic N) is 2.